The number of nitrogens with two attached hydrogens (primary N) is 1. The van der Waals surface area contributed by atoms with E-state index in [-0.39, 0.29) is 19.4 Å². The number of carbonyl (C=O) groups excluding carboxylic acids is 2. The number of aliphatic carboxylic acids is 1. The summed E-state index contributed by atoms with van der Waals surface area (Å²) in [6.45, 7) is 2.72. The molecule has 0 aliphatic rings. The summed E-state index contributed by atoms with van der Waals surface area (Å²) < 4.78 is 32.4. The number of allylic oxidation sites excluding steroid dienone is 2. The minimum absolute atomic E-state index is 0.162. The Hall–Kier alpha value is -1.78. The third kappa shape index (κ3) is 31.5. The van der Waals surface area contributed by atoms with Gasteiger partial charge in [0.05, 0.1) is 13.2 Å². The van der Waals surface area contributed by atoms with Gasteiger partial charge >= 0.3 is 25.7 Å². The standard InChI is InChI=1S/C36H68NO10P/c1-3-5-7-9-11-12-13-14-15-16-17-18-19-20-22-24-26-28-35(39)47-32(30-45-48(42,43)46-31-33(37)36(40)41)29-44-34(38)27-25-23-21-10-8-6-4-2/h12-13,32-33H,3-11,14-31,37H2,1-2H3,(H,40,41)(H,42,43)/b13-12+/t32-,33-/m0/s1. The van der Waals surface area contributed by atoms with Gasteiger partial charge in [0.1, 0.15) is 12.6 Å². The minimum atomic E-state index is -4.70. The van der Waals surface area contributed by atoms with Crippen molar-refractivity contribution < 1.29 is 47.5 Å². The first-order chi connectivity index (χ1) is 23.1. The molecule has 0 aliphatic carbocycles. The number of carboxylic acid groups (broad SMARTS) is 1. The molecule has 4 N–H and O–H groups in total. The van der Waals surface area contributed by atoms with Crippen LogP contribution in [0.5, 0.6) is 0 Å². The van der Waals surface area contributed by atoms with E-state index in [0.717, 1.165) is 38.5 Å². The van der Waals surface area contributed by atoms with E-state index in [2.05, 4.69) is 30.5 Å². The molecule has 0 saturated carbocycles. The number of carbonyl (C=O) groups is 3. The molecular weight excluding hydrogens is 637 g/mol. The van der Waals surface area contributed by atoms with Gasteiger partial charge in [-0.2, -0.15) is 0 Å². The largest absolute Gasteiger partial charge is 0.480 e. The van der Waals surface area contributed by atoms with Gasteiger partial charge in [-0.05, 0) is 38.5 Å². The molecule has 11 nitrogen and oxygen atoms in total. The van der Waals surface area contributed by atoms with Gasteiger partial charge in [0.2, 0.25) is 0 Å². The maximum atomic E-state index is 12.5. The lowest BCUT2D eigenvalue weighted by atomic mass is 10.1. The summed E-state index contributed by atoms with van der Waals surface area (Å²) >= 11 is 0. The van der Waals surface area contributed by atoms with Gasteiger partial charge in [0.25, 0.3) is 0 Å². The van der Waals surface area contributed by atoms with Crippen LogP contribution in [0.4, 0.5) is 0 Å². The summed E-state index contributed by atoms with van der Waals surface area (Å²) in [5.74, 6) is -2.38. The molecule has 0 spiro atoms. The van der Waals surface area contributed by atoms with Gasteiger partial charge in [-0.3, -0.25) is 23.4 Å². The van der Waals surface area contributed by atoms with Crippen LogP contribution in [0.3, 0.4) is 0 Å². The first-order valence-corrected chi connectivity index (χ1v) is 20.2. The Morgan fingerprint density at radius 2 is 1.04 bits per heavy atom. The van der Waals surface area contributed by atoms with E-state index >= 15 is 0 Å². The fourth-order valence-corrected chi connectivity index (χ4v) is 5.78. The van der Waals surface area contributed by atoms with Crippen LogP contribution in [-0.4, -0.2) is 59.9 Å². The minimum Gasteiger partial charge on any atom is -0.480 e. The summed E-state index contributed by atoms with van der Waals surface area (Å²) in [7, 11) is -4.70. The van der Waals surface area contributed by atoms with E-state index < -0.39 is 51.1 Å². The zero-order valence-electron chi connectivity index (χ0n) is 30.1. The Kier molecular flexibility index (Phi) is 31.2. The first kappa shape index (κ1) is 46.2. The van der Waals surface area contributed by atoms with E-state index in [9.17, 15) is 23.8 Å². The Morgan fingerprint density at radius 1 is 0.625 bits per heavy atom. The van der Waals surface area contributed by atoms with Crippen molar-refractivity contribution in [3.8, 4) is 0 Å². The molecule has 3 atom stereocenters. The highest BCUT2D eigenvalue weighted by atomic mass is 31.2. The number of phosphoric ester groups is 1. The van der Waals surface area contributed by atoms with Crippen molar-refractivity contribution in [2.24, 2.45) is 5.73 Å². The number of rotatable bonds is 35. The lowest BCUT2D eigenvalue weighted by Gasteiger charge is -2.20. The topological polar surface area (TPSA) is 172 Å². The maximum Gasteiger partial charge on any atom is 0.472 e. The number of carboxylic acids is 1. The molecule has 0 fully saturated rings. The highest BCUT2D eigenvalue weighted by Gasteiger charge is 2.28. The molecule has 1 unspecified atom stereocenters. The van der Waals surface area contributed by atoms with Crippen molar-refractivity contribution in [2.45, 2.75) is 180 Å². The van der Waals surface area contributed by atoms with Crippen molar-refractivity contribution in [2.75, 3.05) is 19.8 Å². The molecule has 0 heterocycles. The van der Waals surface area contributed by atoms with Gasteiger partial charge in [-0.1, -0.05) is 129 Å². The zero-order chi connectivity index (χ0) is 35.7. The smallest absolute Gasteiger partial charge is 0.472 e. The van der Waals surface area contributed by atoms with Crippen LogP contribution in [0.25, 0.3) is 0 Å². The van der Waals surface area contributed by atoms with Crippen LogP contribution < -0.4 is 5.73 Å². The molecule has 0 bridgehead atoms. The lowest BCUT2D eigenvalue weighted by molar-refractivity contribution is -0.161. The summed E-state index contributed by atoms with van der Waals surface area (Å²) in [5.41, 5.74) is 5.30. The zero-order valence-corrected chi connectivity index (χ0v) is 31.0. The molecule has 0 rings (SSSR count). The first-order valence-electron chi connectivity index (χ1n) is 18.7. The van der Waals surface area contributed by atoms with E-state index in [1.807, 2.05) is 0 Å². The predicted molar refractivity (Wildman–Crippen MR) is 189 cm³/mol. The Bertz CT molecular complexity index is 885. The Balaban J connectivity index is 4.34. The maximum absolute atomic E-state index is 12.5. The highest BCUT2D eigenvalue weighted by Crippen LogP contribution is 2.43. The van der Waals surface area contributed by atoms with Crippen molar-refractivity contribution in [3.05, 3.63) is 12.2 Å². The molecule has 0 aromatic heterocycles. The number of ether oxygens (including phenoxy) is 2. The molecule has 48 heavy (non-hydrogen) atoms. The van der Waals surface area contributed by atoms with Gasteiger partial charge in [-0.25, -0.2) is 4.57 Å². The summed E-state index contributed by atoms with van der Waals surface area (Å²) in [5, 5.41) is 8.83. The third-order valence-electron chi connectivity index (χ3n) is 8.01. The Morgan fingerprint density at radius 3 is 1.54 bits per heavy atom. The van der Waals surface area contributed by atoms with Crippen LogP contribution in [0, 0.1) is 0 Å². The number of hydrogen-bond donors (Lipinski definition) is 3. The normalized spacial score (nSPS) is 14.1. The van der Waals surface area contributed by atoms with E-state index in [0.29, 0.717) is 12.8 Å². The van der Waals surface area contributed by atoms with Gasteiger partial charge in [-0.15, -0.1) is 0 Å². The predicted octanol–water partition coefficient (Wildman–Crippen LogP) is 8.95. The number of esters is 2. The highest BCUT2D eigenvalue weighted by molar-refractivity contribution is 7.47. The summed E-state index contributed by atoms with van der Waals surface area (Å²) in [6.07, 6.45) is 28.8. The third-order valence-corrected chi connectivity index (χ3v) is 8.96. The second kappa shape index (κ2) is 32.4. The van der Waals surface area contributed by atoms with Crippen molar-refractivity contribution in [1.82, 2.24) is 0 Å². The number of unbranched alkanes of at least 4 members (excludes halogenated alkanes) is 19. The lowest BCUT2D eigenvalue weighted by Crippen LogP contribution is -2.34. The number of hydrogen-bond acceptors (Lipinski definition) is 9. The Labute approximate surface area is 290 Å². The molecular formula is C36H68NO10P. The van der Waals surface area contributed by atoms with E-state index in [1.165, 1.54) is 89.9 Å². The van der Waals surface area contributed by atoms with Crippen molar-refractivity contribution >= 4 is 25.7 Å². The fourth-order valence-electron chi connectivity index (χ4n) is 5.00. The second-order valence-electron chi connectivity index (χ2n) is 12.7. The molecule has 282 valence electrons. The quantitative estimate of drug-likeness (QED) is 0.0249. The second-order valence-corrected chi connectivity index (χ2v) is 14.2. The van der Waals surface area contributed by atoms with Crippen LogP contribution >= 0.6 is 7.82 Å². The van der Waals surface area contributed by atoms with Crippen molar-refractivity contribution in [3.63, 3.8) is 0 Å². The molecule has 0 aliphatic heterocycles. The van der Waals surface area contributed by atoms with Gasteiger partial charge in [0, 0.05) is 12.8 Å². The van der Waals surface area contributed by atoms with Crippen LogP contribution in [-0.2, 0) is 37.5 Å². The van der Waals surface area contributed by atoms with Crippen LogP contribution in [0.2, 0.25) is 0 Å². The number of phosphoric acid groups is 1. The molecule has 0 radical (unpaired) electrons. The van der Waals surface area contributed by atoms with Crippen LogP contribution in [0.1, 0.15) is 168 Å². The molecule has 0 amide bonds. The van der Waals surface area contributed by atoms with E-state index in [4.69, 9.17) is 24.8 Å². The average molecular weight is 706 g/mol. The molecule has 12 heteroatoms. The van der Waals surface area contributed by atoms with Crippen molar-refractivity contribution in [1.29, 1.82) is 0 Å². The summed E-state index contributed by atoms with van der Waals surface area (Å²) in [6, 6.07) is -1.52. The van der Waals surface area contributed by atoms with Crippen LogP contribution in [0.15, 0.2) is 12.2 Å². The van der Waals surface area contributed by atoms with Gasteiger partial charge < -0.3 is 25.2 Å². The SMILES string of the molecule is CCCCCC/C=C/CCCCCCCCCCCC(=O)O[C@@H](COC(=O)CCCCCCCCC)COP(=O)(O)OC[C@H](N)C(=O)O. The molecule has 0 saturated heterocycles. The fraction of sp³-hybridized carbons (Fsp3) is 0.861. The van der Waals surface area contributed by atoms with E-state index in [1.54, 1.807) is 0 Å². The average Bonchev–Trinajstić information content (AvgIpc) is 3.05. The molecule has 0 aromatic carbocycles. The monoisotopic (exact) mass is 705 g/mol. The molecule has 0 aromatic rings. The van der Waals surface area contributed by atoms with Gasteiger partial charge in [0.15, 0.2) is 6.10 Å². The summed E-state index contributed by atoms with van der Waals surface area (Å²) in [4.78, 5) is 45.5.